The van der Waals surface area contributed by atoms with E-state index in [1.165, 1.54) is 4.90 Å². The predicted octanol–water partition coefficient (Wildman–Crippen LogP) is 0.464. The summed E-state index contributed by atoms with van der Waals surface area (Å²) in [6.45, 7) is 2.32. The van der Waals surface area contributed by atoms with E-state index in [9.17, 15) is 4.79 Å². The molecule has 1 aromatic heterocycles. The first-order valence-electron chi connectivity index (χ1n) is 5.12. The van der Waals surface area contributed by atoms with Gasteiger partial charge in [0.1, 0.15) is 11.6 Å². The van der Waals surface area contributed by atoms with Crippen LogP contribution in [0.5, 0.6) is 0 Å². The van der Waals surface area contributed by atoms with Crippen LogP contribution in [0.2, 0.25) is 0 Å². The fourth-order valence-corrected chi connectivity index (χ4v) is 1.74. The van der Waals surface area contributed by atoms with Crippen molar-refractivity contribution in [3.05, 3.63) is 18.2 Å². The third kappa shape index (κ3) is 2.16. The summed E-state index contributed by atoms with van der Waals surface area (Å²) >= 11 is 0. The molecule has 1 aromatic rings. The number of nitrogens with zero attached hydrogens (tertiary/aromatic N) is 3. The van der Waals surface area contributed by atoms with Gasteiger partial charge in [0.05, 0.1) is 0 Å². The quantitative estimate of drug-likeness (QED) is 0.721. The average molecular weight is 222 g/mol. The zero-order valence-corrected chi connectivity index (χ0v) is 8.83. The molecule has 0 bridgehead atoms. The Kier molecular flexibility index (Phi) is 2.80. The van der Waals surface area contributed by atoms with Crippen molar-refractivity contribution < 1.29 is 9.90 Å². The minimum atomic E-state index is -0.861. The number of piperazine rings is 1. The molecule has 0 aromatic carbocycles. The number of nitrogen functional groups attached to an aromatic ring is 1. The molecule has 0 unspecified atom stereocenters. The molecule has 2 rings (SSSR count). The molecule has 0 saturated carbocycles. The Morgan fingerprint density at radius 2 is 2.00 bits per heavy atom. The number of anilines is 2. The maximum absolute atomic E-state index is 10.7. The van der Waals surface area contributed by atoms with Gasteiger partial charge < -0.3 is 20.6 Å². The molecule has 6 nitrogen and oxygen atoms in total. The molecule has 86 valence electrons. The van der Waals surface area contributed by atoms with Crippen LogP contribution in [0.25, 0.3) is 0 Å². The van der Waals surface area contributed by atoms with E-state index in [1.54, 1.807) is 6.07 Å². The molecule has 1 amide bonds. The van der Waals surface area contributed by atoms with Gasteiger partial charge in [-0.3, -0.25) is 0 Å². The summed E-state index contributed by atoms with van der Waals surface area (Å²) < 4.78 is 0. The SMILES string of the molecule is Nc1cccc(N2CCN(C(=O)O)CC2)n1. The topological polar surface area (TPSA) is 82.7 Å². The molecular formula is C10H14N4O2. The van der Waals surface area contributed by atoms with Crippen LogP contribution in [0.1, 0.15) is 0 Å². The van der Waals surface area contributed by atoms with Crippen molar-refractivity contribution in [2.24, 2.45) is 0 Å². The molecule has 3 N–H and O–H groups in total. The molecule has 0 atom stereocenters. The van der Waals surface area contributed by atoms with Gasteiger partial charge in [0.2, 0.25) is 0 Å². The van der Waals surface area contributed by atoms with Crippen molar-refractivity contribution >= 4 is 17.7 Å². The van der Waals surface area contributed by atoms with Gasteiger partial charge in [-0.1, -0.05) is 6.07 Å². The Bertz CT molecular complexity index is 388. The van der Waals surface area contributed by atoms with Crippen LogP contribution in [-0.4, -0.2) is 47.3 Å². The third-order valence-corrected chi connectivity index (χ3v) is 2.63. The highest BCUT2D eigenvalue weighted by atomic mass is 16.4. The number of nitrogens with two attached hydrogens (primary N) is 1. The Labute approximate surface area is 93.3 Å². The largest absolute Gasteiger partial charge is 0.465 e. The first kappa shape index (κ1) is 10.5. The van der Waals surface area contributed by atoms with Crippen molar-refractivity contribution in [2.75, 3.05) is 36.8 Å². The summed E-state index contributed by atoms with van der Waals surface area (Å²) in [5, 5.41) is 8.81. The first-order chi connectivity index (χ1) is 7.66. The maximum Gasteiger partial charge on any atom is 0.407 e. The van der Waals surface area contributed by atoms with Crippen LogP contribution in [-0.2, 0) is 0 Å². The number of pyridine rings is 1. The van der Waals surface area contributed by atoms with E-state index in [4.69, 9.17) is 10.8 Å². The van der Waals surface area contributed by atoms with Gasteiger partial charge in [0.15, 0.2) is 0 Å². The van der Waals surface area contributed by atoms with Gasteiger partial charge in [-0.25, -0.2) is 9.78 Å². The lowest BCUT2D eigenvalue weighted by molar-refractivity contribution is 0.142. The van der Waals surface area contributed by atoms with Crippen LogP contribution >= 0.6 is 0 Å². The van der Waals surface area contributed by atoms with E-state index in [0.29, 0.717) is 32.0 Å². The van der Waals surface area contributed by atoms with E-state index in [-0.39, 0.29) is 0 Å². The Hall–Kier alpha value is -1.98. The second-order valence-corrected chi connectivity index (χ2v) is 3.68. The van der Waals surface area contributed by atoms with Gasteiger partial charge >= 0.3 is 6.09 Å². The first-order valence-corrected chi connectivity index (χ1v) is 5.12. The number of aromatic nitrogens is 1. The second kappa shape index (κ2) is 4.26. The van der Waals surface area contributed by atoms with Crippen LogP contribution in [0.4, 0.5) is 16.4 Å². The number of hydrogen-bond acceptors (Lipinski definition) is 4. The summed E-state index contributed by atoms with van der Waals surface area (Å²) in [5.74, 6) is 1.29. The standard InChI is InChI=1S/C10H14N4O2/c11-8-2-1-3-9(12-8)13-4-6-14(7-5-13)10(15)16/h1-3H,4-7H2,(H2,11,12)(H,15,16). The molecule has 1 fully saturated rings. The Morgan fingerprint density at radius 3 is 2.56 bits per heavy atom. The average Bonchev–Trinajstić information content (AvgIpc) is 2.29. The molecule has 6 heteroatoms. The molecule has 0 aliphatic carbocycles. The fraction of sp³-hybridized carbons (Fsp3) is 0.400. The number of carbonyl (C=O) groups is 1. The summed E-state index contributed by atoms with van der Waals surface area (Å²) in [5.41, 5.74) is 5.60. The van der Waals surface area contributed by atoms with E-state index >= 15 is 0 Å². The van der Waals surface area contributed by atoms with E-state index in [2.05, 4.69) is 4.98 Å². The minimum absolute atomic E-state index is 0.484. The van der Waals surface area contributed by atoms with Gasteiger partial charge in [-0.2, -0.15) is 0 Å². The Balaban J connectivity index is 2.01. The molecule has 1 aliphatic heterocycles. The van der Waals surface area contributed by atoms with Gasteiger partial charge in [-0.05, 0) is 12.1 Å². The van der Waals surface area contributed by atoms with E-state index < -0.39 is 6.09 Å². The third-order valence-electron chi connectivity index (χ3n) is 2.63. The zero-order chi connectivity index (χ0) is 11.5. The molecule has 2 heterocycles. The summed E-state index contributed by atoms with van der Waals surface area (Å²) in [7, 11) is 0. The minimum Gasteiger partial charge on any atom is -0.465 e. The number of rotatable bonds is 1. The second-order valence-electron chi connectivity index (χ2n) is 3.68. The van der Waals surface area contributed by atoms with Crippen LogP contribution < -0.4 is 10.6 Å². The van der Waals surface area contributed by atoms with Crippen molar-refractivity contribution in [3.63, 3.8) is 0 Å². The van der Waals surface area contributed by atoms with Crippen LogP contribution in [0.3, 0.4) is 0 Å². The molecular weight excluding hydrogens is 208 g/mol. The highest BCUT2D eigenvalue weighted by molar-refractivity contribution is 5.65. The highest BCUT2D eigenvalue weighted by Crippen LogP contribution is 2.14. The van der Waals surface area contributed by atoms with Gasteiger partial charge in [-0.15, -0.1) is 0 Å². The van der Waals surface area contributed by atoms with Crippen molar-refractivity contribution in [1.82, 2.24) is 9.88 Å². The molecule has 0 radical (unpaired) electrons. The van der Waals surface area contributed by atoms with Crippen molar-refractivity contribution in [1.29, 1.82) is 0 Å². The smallest absolute Gasteiger partial charge is 0.407 e. The molecule has 1 aliphatic rings. The fourth-order valence-electron chi connectivity index (χ4n) is 1.74. The van der Waals surface area contributed by atoms with Gasteiger partial charge in [0.25, 0.3) is 0 Å². The van der Waals surface area contributed by atoms with E-state index in [1.807, 2.05) is 17.0 Å². The Morgan fingerprint density at radius 1 is 1.31 bits per heavy atom. The number of carboxylic acid groups (broad SMARTS) is 1. The highest BCUT2D eigenvalue weighted by Gasteiger charge is 2.20. The normalized spacial score (nSPS) is 16.2. The maximum atomic E-state index is 10.7. The van der Waals surface area contributed by atoms with Gasteiger partial charge in [0, 0.05) is 26.2 Å². The number of amides is 1. The predicted molar refractivity (Wildman–Crippen MR) is 60.5 cm³/mol. The zero-order valence-electron chi connectivity index (χ0n) is 8.83. The molecule has 16 heavy (non-hydrogen) atoms. The van der Waals surface area contributed by atoms with Crippen molar-refractivity contribution in [3.8, 4) is 0 Å². The molecule has 1 saturated heterocycles. The lowest BCUT2D eigenvalue weighted by Crippen LogP contribution is -2.48. The van der Waals surface area contributed by atoms with Crippen LogP contribution in [0, 0.1) is 0 Å². The lowest BCUT2D eigenvalue weighted by atomic mass is 10.3. The summed E-state index contributed by atoms with van der Waals surface area (Å²) in [6.07, 6.45) is -0.861. The van der Waals surface area contributed by atoms with Crippen LogP contribution in [0.15, 0.2) is 18.2 Å². The lowest BCUT2D eigenvalue weighted by Gasteiger charge is -2.33. The molecule has 0 spiro atoms. The van der Waals surface area contributed by atoms with E-state index in [0.717, 1.165) is 5.82 Å². The number of hydrogen-bond donors (Lipinski definition) is 2. The summed E-state index contributed by atoms with van der Waals surface area (Å²) in [6, 6.07) is 5.46. The monoisotopic (exact) mass is 222 g/mol. The van der Waals surface area contributed by atoms with Crippen molar-refractivity contribution in [2.45, 2.75) is 0 Å². The summed E-state index contributed by atoms with van der Waals surface area (Å²) in [4.78, 5) is 18.4.